The molecule has 0 bridgehead atoms. The molecule has 34 heavy (non-hydrogen) atoms. The van der Waals surface area contributed by atoms with Crippen molar-refractivity contribution >= 4 is 0 Å². The number of nitrogens with zero attached hydrogens (tertiary/aromatic N) is 1. The van der Waals surface area contributed by atoms with Crippen molar-refractivity contribution in [3.8, 4) is 11.8 Å². The van der Waals surface area contributed by atoms with Crippen molar-refractivity contribution in [3.05, 3.63) is 64.2 Å². The normalized spacial score (nSPS) is 29.3. The topological polar surface area (TPSA) is 143 Å². The molecule has 0 spiro atoms. The number of benzene rings is 2. The summed E-state index contributed by atoms with van der Waals surface area (Å²) >= 11 is 0. The fourth-order valence-corrected chi connectivity index (χ4v) is 4.41. The predicted molar refractivity (Wildman–Crippen MR) is 122 cm³/mol. The molecule has 1 aliphatic carbocycles. The SMILES string of the molecule is CCc1ccc(Cc2cc([C@@]3(O)O[C@H](CO)[C@@H](O)[C@H](O)[C@H]3O)cc(OC3CCC3)c2C#N)cc1. The van der Waals surface area contributed by atoms with Gasteiger partial charge in [-0.25, -0.2) is 0 Å². The van der Waals surface area contributed by atoms with Gasteiger partial charge in [0.1, 0.15) is 36.2 Å². The van der Waals surface area contributed by atoms with Crippen LogP contribution in [0.3, 0.4) is 0 Å². The fourth-order valence-electron chi connectivity index (χ4n) is 4.41. The van der Waals surface area contributed by atoms with E-state index in [9.17, 15) is 30.8 Å². The second kappa shape index (κ2) is 10.0. The zero-order valence-corrected chi connectivity index (χ0v) is 19.1. The van der Waals surface area contributed by atoms with Gasteiger partial charge in [0.15, 0.2) is 0 Å². The lowest BCUT2D eigenvalue weighted by Gasteiger charge is -2.45. The maximum atomic E-state index is 11.4. The first kappa shape index (κ1) is 24.6. The van der Waals surface area contributed by atoms with Crippen LogP contribution in [-0.2, 0) is 23.4 Å². The molecule has 0 radical (unpaired) electrons. The Morgan fingerprint density at radius 1 is 1.09 bits per heavy atom. The summed E-state index contributed by atoms with van der Waals surface area (Å²) in [6.45, 7) is 1.39. The smallest absolute Gasteiger partial charge is 0.222 e. The van der Waals surface area contributed by atoms with Crippen LogP contribution in [0.5, 0.6) is 5.75 Å². The molecule has 2 fully saturated rings. The van der Waals surface area contributed by atoms with Crippen LogP contribution >= 0.6 is 0 Å². The summed E-state index contributed by atoms with van der Waals surface area (Å²) < 4.78 is 11.6. The Labute approximate surface area is 198 Å². The van der Waals surface area contributed by atoms with Crippen molar-refractivity contribution in [2.75, 3.05) is 6.61 Å². The summed E-state index contributed by atoms with van der Waals surface area (Å²) in [6, 6.07) is 13.2. The molecule has 8 heteroatoms. The fraction of sp³-hybridized carbons (Fsp3) is 0.500. The van der Waals surface area contributed by atoms with E-state index in [1.165, 1.54) is 11.6 Å². The van der Waals surface area contributed by atoms with Crippen LogP contribution in [-0.4, -0.2) is 62.7 Å². The van der Waals surface area contributed by atoms with Gasteiger partial charge in [-0.05, 0) is 60.9 Å². The molecule has 1 heterocycles. The van der Waals surface area contributed by atoms with Gasteiger partial charge in [-0.3, -0.25) is 0 Å². The van der Waals surface area contributed by atoms with E-state index in [2.05, 4.69) is 13.0 Å². The predicted octanol–water partition coefficient (Wildman–Crippen LogP) is 1.26. The van der Waals surface area contributed by atoms with E-state index < -0.39 is 36.8 Å². The summed E-state index contributed by atoms with van der Waals surface area (Å²) in [5.41, 5.74) is 3.08. The first-order valence-electron chi connectivity index (χ1n) is 11.7. The molecule has 5 atom stereocenters. The van der Waals surface area contributed by atoms with Gasteiger partial charge in [0.05, 0.1) is 18.3 Å². The Morgan fingerprint density at radius 2 is 1.76 bits per heavy atom. The zero-order chi connectivity index (χ0) is 24.5. The molecule has 1 aliphatic heterocycles. The van der Waals surface area contributed by atoms with Crippen LogP contribution in [0.2, 0.25) is 0 Å². The lowest BCUT2D eigenvalue weighted by Crippen LogP contribution is -2.63. The van der Waals surface area contributed by atoms with Gasteiger partial charge in [-0.1, -0.05) is 31.2 Å². The second-order valence-electron chi connectivity index (χ2n) is 9.10. The Bertz CT molecular complexity index is 1040. The number of ether oxygens (including phenoxy) is 2. The van der Waals surface area contributed by atoms with Gasteiger partial charge in [0.25, 0.3) is 0 Å². The summed E-state index contributed by atoms with van der Waals surface area (Å²) in [7, 11) is 0. The average molecular weight is 470 g/mol. The van der Waals surface area contributed by atoms with Gasteiger partial charge in [0, 0.05) is 5.56 Å². The molecule has 2 aliphatic rings. The number of nitriles is 1. The van der Waals surface area contributed by atoms with Crippen molar-refractivity contribution in [1.82, 2.24) is 0 Å². The van der Waals surface area contributed by atoms with Crippen LogP contribution in [0.25, 0.3) is 0 Å². The third kappa shape index (κ3) is 4.56. The number of aryl methyl sites for hydroxylation is 1. The van der Waals surface area contributed by atoms with E-state index in [4.69, 9.17) is 9.47 Å². The monoisotopic (exact) mass is 469 g/mol. The van der Waals surface area contributed by atoms with Crippen LogP contribution in [0.15, 0.2) is 36.4 Å². The van der Waals surface area contributed by atoms with Gasteiger partial charge in [-0.15, -0.1) is 0 Å². The standard InChI is InChI=1S/C26H31NO7/c1-2-15-6-8-16(9-7-15)10-17-11-18(12-21(20(17)13-27)33-19-4-3-5-19)26(32)25(31)24(30)23(29)22(14-28)34-26/h6-9,11-12,19,22-25,28-32H,2-5,10,14H2,1H3/t22-,23-,24+,25-,26-/m1/s1. The molecule has 2 aromatic rings. The highest BCUT2D eigenvalue weighted by molar-refractivity contribution is 5.54. The number of hydrogen-bond acceptors (Lipinski definition) is 8. The van der Waals surface area contributed by atoms with Crippen molar-refractivity contribution in [3.63, 3.8) is 0 Å². The van der Waals surface area contributed by atoms with Crippen molar-refractivity contribution in [2.24, 2.45) is 0 Å². The molecule has 0 aromatic heterocycles. The highest BCUT2D eigenvalue weighted by atomic mass is 16.7. The number of aliphatic hydroxyl groups is 5. The molecule has 1 saturated carbocycles. The Balaban J connectivity index is 1.79. The largest absolute Gasteiger partial charge is 0.489 e. The van der Waals surface area contributed by atoms with Crippen molar-refractivity contribution in [1.29, 1.82) is 5.26 Å². The molecular formula is C26H31NO7. The van der Waals surface area contributed by atoms with E-state index >= 15 is 0 Å². The molecular weight excluding hydrogens is 438 g/mol. The molecule has 0 amide bonds. The maximum absolute atomic E-state index is 11.4. The van der Waals surface area contributed by atoms with Gasteiger partial charge < -0.3 is 35.0 Å². The summed E-state index contributed by atoms with van der Waals surface area (Å²) in [5.74, 6) is -2.17. The first-order valence-corrected chi connectivity index (χ1v) is 11.7. The maximum Gasteiger partial charge on any atom is 0.222 e. The van der Waals surface area contributed by atoms with Crippen LogP contribution < -0.4 is 4.74 Å². The van der Waals surface area contributed by atoms with Gasteiger partial charge in [-0.2, -0.15) is 5.26 Å². The highest BCUT2D eigenvalue weighted by Gasteiger charge is 2.54. The van der Waals surface area contributed by atoms with E-state index in [0.717, 1.165) is 31.2 Å². The Morgan fingerprint density at radius 3 is 2.32 bits per heavy atom. The molecule has 1 saturated heterocycles. The highest BCUT2D eigenvalue weighted by Crippen LogP contribution is 2.40. The Kier molecular flexibility index (Phi) is 7.24. The minimum absolute atomic E-state index is 0.0523. The minimum Gasteiger partial charge on any atom is -0.489 e. The van der Waals surface area contributed by atoms with Gasteiger partial charge in [0.2, 0.25) is 5.79 Å². The van der Waals surface area contributed by atoms with Gasteiger partial charge >= 0.3 is 0 Å². The Hall–Kier alpha value is -2.51. The van der Waals surface area contributed by atoms with Crippen LogP contribution in [0.4, 0.5) is 0 Å². The molecule has 2 aromatic carbocycles. The van der Waals surface area contributed by atoms with E-state index in [1.807, 2.05) is 24.3 Å². The minimum atomic E-state index is -2.43. The molecule has 8 nitrogen and oxygen atoms in total. The number of aliphatic hydroxyl groups excluding tert-OH is 4. The second-order valence-corrected chi connectivity index (χ2v) is 9.10. The van der Waals surface area contributed by atoms with E-state index in [-0.39, 0.29) is 17.4 Å². The van der Waals surface area contributed by atoms with Crippen LogP contribution in [0.1, 0.15) is 54.0 Å². The summed E-state index contributed by atoms with van der Waals surface area (Å²) in [5, 5.41) is 62.0. The van der Waals surface area contributed by atoms with E-state index in [0.29, 0.717) is 17.5 Å². The first-order chi connectivity index (χ1) is 16.3. The lowest BCUT2D eigenvalue weighted by molar-refractivity contribution is -0.357. The van der Waals surface area contributed by atoms with Crippen molar-refractivity contribution in [2.45, 2.75) is 75.3 Å². The third-order valence-electron chi connectivity index (χ3n) is 6.85. The quantitative estimate of drug-likeness (QED) is 0.408. The summed E-state index contributed by atoms with van der Waals surface area (Å²) in [4.78, 5) is 0. The summed E-state index contributed by atoms with van der Waals surface area (Å²) in [6.07, 6.45) is -2.61. The van der Waals surface area contributed by atoms with E-state index in [1.54, 1.807) is 6.07 Å². The zero-order valence-electron chi connectivity index (χ0n) is 19.1. The average Bonchev–Trinajstić information content (AvgIpc) is 2.82. The lowest BCUT2D eigenvalue weighted by atomic mass is 9.86. The molecule has 182 valence electrons. The number of hydrogen-bond donors (Lipinski definition) is 5. The molecule has 5 N–H and O–H groups in total. The van der Waals surface area contributed by atoms with Crippen LogP contribution in [0, 0.1) is 11.3 Å². The van der Waals surface area contributed by atoms with Crippen molar-refractivity contribution < 1.29 is 35.0 Å². The molecule has 4 rings (SSSR count). The molecule has 0 unspecified atom stereocenters. The number of rotatable bonds is 7. The third-order valence-corrected chi connectivity index (χ3v) is 6.85.